The predicted octanol–water partition coefficient (Wildman–Crippen LogP) is 3.49. The lowest BCUT2D eigenvalue weighted by molar-refractivity contribution is -0.137. The van der Waals surface area contributed by atoms with E-state index in [1.165, 1.54) is 18.3 Å². The van der Waals surface area contributed by atoms with Crippen LogP contribution in [0.15, 0.2) is 36.5 Å². The first-order chi connectivity index (χ1) is 8.38. The number of pyridine rings is 1. The molecule has 0 aliphatic rings. The molecule has 6 heteroatoms. The van der Waals surface area contributed by atoms with E-state index >= 15 is 0 Å². The van der Waals surface area contributed by atoms with Crippen LogP contribution in [0.2, 0.25) is 0 Å². The summed E-state index contributed by atoms with van der Waals surface area (Å²) in [6.07, 6.45) is -3.28. The fraction of sp³-hybridized carbons (Fsp3) is 0.0833. The third-order valence-corrected chi connectivity index (χ3v) is 2.33. The second-order valence-corrected chi connectivity index (χ2v) is 3.68. The number of halogens is 4. The van der Waals surface area contributed by atoms with Gasteiger partial charge in [0.2, 0.25) is 0 Å². The Hall–Kier alpha value is -2.11. The molecule has 2 nitrogen and oxygen atoms in total. The maximum absolute atomic E-state index is 13.5. The van der Waals surface area contributed by atoms with Gasteiger partial charge in [-0.1, -0.05) is 12.1 Å². The summed E-state index contributed by atoms with van der Waals surface area (Å²) < 4.78 is 51.1. The van der Waals surface area contributed by atoms with E-state index < -0.39 is 17.6 Å². The Morgan fingerprint density at radius 3 is 2.44 bits per heavy atom. The molecule has 94 valence electrons. The molecule has 2 rings (SSSR count). The van der Waals surface area contributed by atoms with Crippen LogP contribution in [0.5, 0.6) is 0 Å². The molecule has 2 aromatic rings. The predicted molar refractivity (Wildman–Crippen MR) is 59.0 cm³/mol. The molecule has 0 aliphatic carbocycles. The molecule has 0 spiro atoms. The van der Waals surface area contributed by atoms with E-state index in [4.69, 9.17) is 5.73 Å². The zero-order chi connectivity index (χ0) is 13.3. The largest absolute Gasteiger partial charge is 0.416 e. The van der Waals surface area contributed by atoms with Crippen LogP contribution in [0.4, 0.5) is 23.2 Å². The first kappa shape index (κ1) is 12.3. The minimum atomic E-state index is -4.47. The molecule has 0 saturated carbocycles. The zero-order valence-electron chi connectivity index (χ0n) is 9.00. The monoisotopic (exact) mass is 256 g/mol. The third kappa shape index (κ3) is 2.42. The lowest BCUT2D eigenvalue weighted by Gasteiger charge is -2.09. The van der Waals surface area contributed by atoms with Gasteiger partial charge in [-0.15, -0.1) is 0 Å². The van der Waals surface area contributed by atoms with Crippen molar-refractivity contribution in [2.75, 3.05) is 5.73 Å². The van der Waals surface area contributed by atoms with Gasteiger partial charge in [0.1, 0.15) is 5.69 Å². The van der Waals surface area contributed by atoms with Crippen molar-refractivity contribution < 1.29 is 17.6 Å². The molecule has 0 radical (unpaired) electrons. The third-order valence-electron chi connectivity index (χ3n) is 2.33. The van der Waals surface area contributed by atoms with Gasteiger partial charge < -0.3 is 5.73 Å². The second-order valence-electron chi connectivity index (χ2n) is 3.68. The minimum Gasteiger partial charge on any atom is -0.397 e. The standard InChI is InChI=1S/C12H8F4N2/c13-10-5-9(17)6-18-11(10)7-2-1-3-8(4-7)12(14,15)16/h1-6H,17H2. The molecule has 0 saturated heterocycles. The summed E-state index contributed by atoms with van der Waals surface area (Å²) in [4.78, 5) is 3.70. The van der Waals surface area contributed by atoms with E-state index in [-0.39, 0.29) is 16.9 Å². The highest BCUT2D eigenvalue weighted by Crippen LogP contribution is 2.32. The summed E-state index contributed by atoms with van der Waals surface area (Å²) in [6, 6.07) is 5.34. The minimum absolute atomic E-state index is 0.0577. The van der Waals surface area contributed by atoms with Crippen molar-refractivity contribution in [3.8, 4) is 11.3 Å². The van der Waals surface area contributed by atoms with E-state index in [2.05, 4.69) is 4.98 Å². The number of hydrogen-bond donors (Lipinski definition) is 1. The molecule has 0 atom stereocenters. The number of nitrogens with two attached hydrogens (primary N) is 1. The molecule has 0 amide bonds. The number of hydrogen-bond acceptors (Lipinski definition) is 2. The summed E-state index contributed by atoms with van der Waals surface area (Å²) in [7, 11) is 0. The van der Waals surface area contributed by atoms with Crippen molar-refractivity contribution in [1.29, 1.82) is 0 Å². The lowest BCUT2D eigenvalue weighted by atomic mass is 10.1. The van der Waals surface area contributed by atoms with Crippen molar-refractivity contribution in [2.24, 2.45) is 0 Å². The first-order valence-corrected chi connectivity index (χ1v) is 4.96. The lowest BCUT2D eigenvalue weighted by Crippen LogP contribution is -2.05. The van der Waals surface area contributed by atoms with E-state index in [1.54, 1.807) is 0 Å². The van der Waals surface area contributed by atoms with Gasteiger partial charge in [-0.2, -0.15) is 13.2 Å². The van der Waals surface area contributed by atoms with Gasteiger partial charge in [0.05, 0.1) is 17.4 Å². The summed E-state index contributed by atoms with van der Waals surface area (Å²) in [5.41, 5.74) is 4.49. The van der Waals surface area contributed by atoms with Gasteiger partial charge in [-0.3, -0.25) is 4.98 Å². The fourth-order valence-electron chi connectivity index (χ4n) is 1.51. The van der Waals surface area contributed by atoms with Gasteiger partial charge in [0.15, 0.2) is 5.82 Å². The molecule has 1 aromatic heterocycles. The van der Waals surface area contributed by atoms with Crippen molar-refractivity contribution in [3.63, 3.8) is 0 Å². The molecule has 1 heterocycles. The number of rotatable bonds is 1. The van der Waals surface area contributed by atoms with Crippen LogP contribution in [0.1, 0.15) is 5.56 Å². The van der Waals surface area contributed by atoms with E-state index in [0.717, 1.165) is 18.2 Å². The number of anilines is 1. The van der Waals surface area contributed by atoms with E-state index in [9.17, 15) is 17.6 Å². The van der Waals surface area contributed by atoms with E-state index in [1.807, 2.05) is 0 Å². The Bertz CT molecular complexity index is 579. The molecule has 18 heavy (non-hydrogen) atoms. The van der Waals surface area contributed by atoms with Crippen LogP contribution in [0.3, 0.4) is 0 Å². The Labute approximate surface area is 100 Å². The second kappa shape index (κ2) is 4.29. The fourth-order valence-corrected chi connectivity index (χ4v) is 1.51. The van der Waals surface area contributed by atoms with Crippen LogP contribution in [-0.2, 0) is 6.18 Å². The Morgan fingerprint density at radius 1 is 1.11 bits per heavy atom. The van der Waals surface area contributed by atoms with Gasteiger partial charge in [0.25, 0.3) is 0 Å². The number of alkyl halides is 3. The van der Waals surface area contributed by atoms with Crippen LogP contribution in [-0.4, -0.2) is 4.98 Å². The number of nitrogens with zero attached hydrogens (tertiary/aromatic N) is 1. The molecular formula is C12H8F4N2. The Morgan fingerprint density at radius 2 is 1.83 bits per heavy atom. The maximum Gasteiger partial charge on any atom is 0.416 e. The molecule has 2 N–H and O–H groups in total. The average molecular weight is 256 g/mol. The van der Waals surface area contributed by atoms with Crippen LogP contribution in [0.25, 0.3) is 11.3 Å². The normalized spacial score (nSPS) is 11.6. The van der Waals surface area contributed by atoms with Crippen LogP contribution < -0.4 is 5.73 Å². The summed E-state index contributed by atoms with van der Waals surface area (Å²) in [5, 5.41) is 0. The zero-order valence-corrected chi connectivity index (χ0v) is 9.00. The van der Waals surface area contributed by atoms with Crippen molar-refractivity contribution in [2.45, 2.75) is 6.18 Å². The van der Waals surface area contributed by atoms with Gasteiger partial charge in [-0.05, 0) is 12.1 Å². The number of aromatic nitrogens is 1. The van der Waals surface area contributed by atoms with Gasteiger partial charge in [-0.25, -0.2) is 4.39 Å². The molecule has 0 bridgehead atoms. The number of benzene rings is 1. The highest BCUT2D eigenvalue weighted by atomic mass is 19.4. The SMILES string of the molecule is Nc1cnc(-c2cccc(C(F)(F)F)c2)c(F)c1. The number of nitrogen functional groups attached to an aromatic ring is 1. The summed E-state index contributed by atoms with van der Waals surface area (Å²) in [5.74, 6) is -0.755. The maximum atomic E-state index is 13.5. The first-order valence-electron chi connectivity index (χ1n) is 4.96. The Balaban J connectivity index is 2.51. The highest BCUT2D eigenvalue weighted by Gasteiger charge is 2.30. The molecule has 0 aliphatic heterocycles. The van der Waals surface area contributed by atoms with E-state index in [0.29, 0.717) is 0 Å². The molecule has 1 aromatic carbocycles. The highest BCUT2D eigenvalue weighted by molar-refractivity contribution is 5.62. The summed E-state index contributed by atoms with van der Waals surface area (Å²) >= 11 is 0. The molecular weight excluding hydrogens is 248 g/mol. The van der Waals surface area contributed by atoms with Crippen molar-refractivity contribution in [1.82, 2.24) is 4.98 Å². The topological polar surface area (TPSA) is 38.9 Å². The summed E-state index contributed by atoms with van der Waals surface area (Å²) in [6.45, 7) is 0. The molecule has 0 fully saturated rings. The Kier molecular flexibility index (Phi) is 2.94. The smallest absolute Gasteiger partial charge is 0.397 e. The average Bonchev–Trinajstić information content (AvgIpc) is 2.28. The van der Waals surface area contributed by atoms with Crippen molar-refractivity contribution >= 4 is 5.69 Å². The van der Waals surface area contributed by atoms with Gasteiger partial charge in [0, 0.05) is 11.6 Å². The van der Waals surface area contributed by atoms with Crippen molar-refractivity contribution in [3.05, 3.63) is 47.9 Å². The van der Waals surface area contributed by atoms with Crippen LogP contribution in [0, 0.1) is 5.82 Å². The van der Waals surface area contributed by atoms with Gasteiger partial charge >= 0.3 is 6.18 Å². The molecule has 0 unspecified atom stereocenters. The quantitative estimate of drug-likeness (QED) is 0.793. The van der Waals surface area contributed by atoms with Crippen LogP contribution >= 0.6 is 0 Å².